The van der Waals surface area contributed by atoms with E-state index in [0.717, 1.165) is 16.1 Å². The largest absolute Gasteiger partial charge is 0.323 e. The fourth-order valence-corrected chi connectivity index (χ4v) is 3.54. The van der Waals surface area contributed by atoms with Crippen molar-refractivity contribution in [1.29, 1.82) is 0 Å². The minimum absolute atomic E-state index is 0.0303. The van der Waals surface area contributed by atoms with E-state index in [0.29, 0.717) is 0 Å². The van der Waals surface area contributed by atoms with Crippen LogP contribution in [0, 0.1) is 0 Å². The van der Waals surface area contributed by atoms with E-state index in [2.05, 4.69) is 0 Å². The van der Waals surface area contributed by atoms with E-state index in [9.17, 15) is 4.57 Å². The van der Waals surface area contributed by atoms with Crippen molar-refractivity contribution in [1.82, 2.24) is 0 Å². The number of fused-ring (bicyclic) bond motifs is 1. The van der Waals surface area contributed by atoms with E-state index < -0.39 is 7.37 Å². The SMILES string of the molecule is CC(C)O[P@](C)(=O)c1ccc2ccccc2c1. The lowest BCUT2D eigenvalue weighted by Gasteiger charge is -2.17. The van der Waals surface area contributed by atoms with Gasteiger partial charge in [-0.3, -0.25) is 4.57 Å². The van der Waals surface area contributed by atoms with Crippen LogP contribution in [-0.2, 0) is 9.09 Å². The van der Waals surface area contributed by atoms with Gasteiger partial charge in [0.15, 0.2) is 0 Å². The van der Waals surface area contributed by atoms with Crippen molar-refractivity contribution in [2.24, 2.45) is 0 Å². The maximum atomic E-state index is 12.4. The summed E-state index contributed by atoms with van der Waals surface area (Å²) in [4.78, 5) is 0. The van der Waals surface area contributed by atoms with Gasteiger partial charge >= 0.3 is 0 Å². The summed E-state index contributed by atoms with van der Waals surface area (Å²) >= 11 is 0. The molecule has 1 atom stereocenters. The third-order valence-corrected chi connectivity index (χ3v) is 4.65. The second-order valence-electron chi connectivity index (χ2n) is 4.53. The molecule has 0 heterocycles. The van der Waals surface area contributed by atoms with Crippen molar-refractivity contribution in [3.63, 3.8) is 0 Å². The first-order valence-corrected chi connectivity index (χ1v) is 7.81. The quantitative estimate of drug-likeness (QED) is 0.772. The molecule has 2 nitrogen and oxygen atoms in total. The lowest BCUT2D eigenvalue weighted by Crippen LogP contribution is -2.10. The first-order valence-electron chi connectivity index (χ1n) is 5.74. The lowest BCUT2D eigenvalue weighted by atomic mass is 10.1. The monoisotopic (exact) mass is 248 g/mol. The van der Waals surface area contributed by atoms with E-state index in [1.54, 1.807) is 6.66 Å². The molecule has 0 saturated carbocycles. The van der Waals surface area contributed by atoms with E-state index in [4.69, 9.17) is 4.52 Å². The second-order valence-corrected chi connectivity index (χ2v) is 6.95. The molecule has 2 rings (SSSR count). The third kappa shape index (κ3) is 2.77. The Bertz CT molecular complexity index is 575. The highest BCUT2D eigenvalue weighted by Crippen LogP contribution is 2.43. The average molecular weight is 248 g/mol. The number of hydrogen-bond acceptors (Lipinski definition) is 2. The van der Waals surface area contributed by atoms with Crippen LogP contribution in [0.15, 0.2) is 42.5 Å². The Morgan fingerprint density at radius 2 is 1.71 bits per heavy atom. The van der Waals surface area contributed by atoms with Crippen LogP contribution >= 0.6 is 7.37 Å². The molecule has 0 aliphatic heterocycles. The van der Waals surface area contributed by atoms with Gasteiger partial charge in [0.1, 0.15) is 0 Å². The van der Waals surface area contributed by atoms with Crippen molar-refractivity contribution in [2.45, 2.75) is 20.0 Å². The number of rotatable bonds is 3. The summed E-state index contributed by atoms with van der Waals surface area (Å²) in [7, 11) is -2.71. The van der Waals surface area contributed by atoms with E-state index in [-0.39, 0.29) is 6.10 Å². The van der Waals surface area contributed by atoms with Crippen molar-refractivity contribution in [3.05, 3.63) is 42.5 Å². The second kappa shape index (κ2) is 4.64. The van der Waals surface area contributed by atoms with Gasteiger partial charge in [-0.25, -0.2) is 0 Å². The molecule has 17 heavy (non-hydrogen) atoms. The van der Waals surface area contributed by atoms with Gasteiger partial charge < -0.3 is 4.52 Å². The molecule has 0 aliphatic rings. The van der Waals surface area contributed by atoms with Crippen LogP contribution in [0.25, 0.3) is 10.8 Å². The predicted octanol–water partition coefficient (Wildman–Crippen LogP) is 3.80. The van der Waals surface area contributed by atoms with Gasteiger partial charge in [-0.15, -0.1) is 0 Å². The Morgan fingerprint density at radius 1 is 1.06 bits per heavy atom. The maximum Gasteiger partial charge on any atom is 0.229 e. The van der Waals surface area contributed by atoms with Crippen molar-refractivity contribution in [2.75, 3.05) is 6.66 Å². The van der Waals surface area contributed by atoms with Crippen LogP contribution < -0.4 is 5.30 Å². The Hall–Kier alpha value is -1.11. The minimum Gasteiger partial charge on any atom is -0.323 e. The first kappa shape index (κ1) is 12.3. The third-order valence-electron chi connectivity index (χ3n) is 2.61. The molecular formula is C14H17O2P. The van der Waals surface area contributed by atoms with Crippen LogP contribution in [0.3, 0.4) is 0 Å². The highest BCUT2D eigenvalue weighted by atomic mass is 31.2. The predicted molar refractivity (Wildman–Crippen MR) is 73.3 cm³/mol. The zero-order valence-electron chi connectivity index (χ0n) is 10.4. The van der Waals surface area contributed by atoms with Gasteiger partial charge in [0.2, 0.25) is 7.37 Å². The molecule has 0 amide bonds. The van der Waals surface area contributed by atoms with Crippen LogP contribution in [-0.4, -0.2) is 12.8 Å². The summed E-state index contributed by atoms with van der Waals surface area (Å²) in [6.07, 6.45) is -0.0303. The van der Waals surface area contributed by atoms with E-state index in [1.807, 2.05) is 56.3 Å². The molecule has 0 unspecified atom stereocenters. The highest BCUT2D eigenvalue weighted by Gasteiger charge is 2.20. The molecule has 0 aromatic heterocycles. The fraction of sp³-hybridized carbons (Fsp3) is 0.286. The standard InChI is InChI=1S/C14H17O2P/c1-11(2)16-17(3,15)14-9-8-12-6-4-5-7-13(12)10-14/h4-11H,1-3H3/t17-/m0/s1. The molecule has 0 spiro atoms. The summed E-state index contributed by atoms with van der Waals surface area (Å²) in [5, 5.41) is 3.03. The van der Waals surface area contributed by atoms with Gasteiger partial charge in [-0.2, -0.15) is 0 Å². The van der Waals surface area contributed by atoms with Crippen molar-refractivity contribution in [3.8, 4) is 0 Å². The molecule has 0 bridgehead atoms. The normalized spacial score (nSPS) is 15.1. The van der Waals surface area contributed by atoms with Gasteiger partial charge in [-0.1, -0.05) is 30.3 Å². The van der Waals surface area contributed by atoms with Gasteiger partial charge in [0.25, 0.3) is 0 Å². The molecule has 0 fully saturated rings. The fourth-order valence-electron chi connectivity index (χ4n) is 1.89. The molecule has 2 aromatic rings. The summed E-state index contributed by atoms with van der Waals surface area (Å²) in [5.41, 5.74) is 0. The average Bonchev–Trinajstić information content (AvgIpc) is 2.26. The molecular weight excluding hydrogens is 231 g/mol. The van der Waals surface area contributed by atoms with Gasteiger partial charge in [0, 0.05) is 12.0 Å². The smallest absolute Gasteiger partial charge is 0.229 e. The lowest BCUT2D eigenvalue weighted by molar-refractivity contribution is 0.251. The molecule has 2 aromatic carbocycles. The molecule has 0 N–H and O–H groups in total. The summed E-state index contributed by atoms with van der Waals surface area (Å²) in [5.74, 6) is 0. The van der Waals surface area contributed by atoms with Crippen LogP contribution in [0.5, 0.6) is 0 Å². The Labute approximate surface area is 102 Å². The van der Waals surface area contributed by atoms with Gasteiger partial charge in [-0.05, 0) is 36.8 Å². The van der Waals surface area contributed by atoms with Crippen LogP contribution in [0.4, 0.5) is 0 Å². The van der Waals surface area contributed by atoms with Crippen molar-refractivity contribution < 1.29 is 9.09 Å². The van der Waals surface area contributed by atoms with E-state index in [1.165, 1.54) is 0 Å². The summed E-state index contributed by atoms with van der Waals surface area (Å²) in [6, 6.07) is 13.9. The number of benzene rings is 2. The topological polar surface area (TPSA) is 26.3 Å². The highest BCUT2D eigenvalue weighted by molar-refractivity contribution is 7.66. The summed E-state index contributed by atoms with van der Waals surface area (Å²) < 4.78 is 18.0. The van der Waals surface area contributed by atoms with E-state index >= 15 is 0 Å². The van der Waals surface area contributed by atoms with Crippen molar-refractivity contribution >= 4 is 23.4 Å². The molecule has 0 radical (unpaired) electrons. The molecule has 3 heteroatoms. The minimum atomic E-state index is -2.71. The Morgan fingerprint density at radius 3 is 2.35 bits per heavy atom. The molecule has 0 aliphatic carbocycles. The van der Waals surface area contributed by atoms with Crippen LogP contribution in [0.2, 0.25) is 0 Å². The zero-order valence-corrected chi connectivity index (χ0v) is 11.3. The molecule has 90 valence electrons. The van der Waals surface area contributed by atoms with Gasteiger partial charge in [0.05, 0.1) is 6.10 Å². The summed E-state index contributed by atoms with van der Waals surface area (Å²) in [6.45, 7) is 5.48. The van der Waals surface area contributed by atoms with Crippen LogP contribution in [0.1, 0.15) is 13.8 Å². The maximum absolute atomic E-state index is 12.4. The molecule has 0 saturated heterocycles. The Kier molecular flexibility index (Phi) is 3.37. The number of hydrogen-bond donors (Lipinski definition) is 0. The zero-order chi connectivity index (χ0) is 12.5. The Balaban J connectivity index is 2.46. The first-order chi connectivity index (χ1) is 7.99.